The molecule has 0 amide bonds. The minimum Gasteiger partial charge on any atom is -0.497 e. The average Bonchev–Trinajstić information content (AvgIpc) is 3.25. The first-order valence-corrected chi connectivity index (χ1v) is 11.6. The van der Waals surface area contributed by atoms with Crippen molar-refractivity contribution in [2.45, 2.75) is 38.4 Å². The summed E-state index contributed by atoms with van der Waals surface area (Å²) in [7, 11) is 1.53. The molecule has 2 atom stereocenters. The van der Waals surface area contributed by atoms with Crippen LogP contribution in [-0.2, 0) is 11.2 Å². The second kappa shape index (κ2) is 10.2. The number of benzene rings is 3. The summed E-state index contributed by atoms with van der Waals surface area (Å²) in [6.07, 6.45) is -4.33. The molecule has 0 spiro atoms. The van der Waals surface area contributed by atoms with Gasteiger partial charge < -0.3 is 14.7 Å². The molecule has 1 heterocycles. The SMILES string of the molecule is COc1ccc(F)c(-c2ccc(Cc3ccc(N4C[C@H](C(F)(F)F)C[C@@H]4CC(=O)O)cc3)c(C)c2)c1. The molecule has 3 aromatic rings. The van der Waals surface area contributed by atoms with Crippen molar-refractivity contribution in [3.8, 4) is 16.9 Å². The van der Waals surface area contributed by atoms with Crippen molar-refractivity contribution in [2.24, 2.45) is 5.92 Å². The first-order valence-electron chi connectivity index (χ1n) is 11.6. The van der Waals surface area contributed by atoms with E-state index in [4.69, 9.17) is 9.84 Å². The Morgan fingerprint density at radius 1 is 1.08 bits per heavy atom. The highest BCUT2D eigenvalue weighted by Gasteiger charge is 2.47. The molecule has 0 aromatic heterocycles. The van der Waals surface area contributed by atoms with Crippen LogP contribution in [0.2, 0.25) is 0 Å². The molecule has 0 unspecified atom stereocenters. The molecule has 1 N–H and O–H groups in total. The van der Waals surface area contributed by atoms with E-state index < -0.39 is 24.1 Å². The van der Waals surface area contributed by atoms with Crippen LogP contribution >= 0.6 is 0 Å². The number of carbonyl (C=O) groups is 1. The van der Waals surface area contributed by atoms with Gasteiger partial charge in [0.25, 0.3) is 0 Å². The van der Waals surface area contributed by atoms with E-state index in [1.165, 1.54) is 13.2 Å². The molecule has 3 aromatic carbocycles. The third kappa shape index (κ3) is 5.64. The van der Waals surface area contributed by atoms with Crippen molar-refractivity contribution in [3.63, 3.8) is 0 Å². The maximum atomic E-state index is 14.4. The minimum absolute atomic E-state index is 0.225. The maximum Gasteiger partial charge on any atom is 0.393 e. The van der Waals surface area contributed by atoms with E-state index >= 15 is 0 Å². The van der Waals surface area contributed by atoms with Crippen LogP contribution in [0.5, 0.6) is 5.75 Å². The Labute approximate surface area is 207 Å². The molecule has 0 radical (unpaired) electrons. The smallest absolute Gasteiger partial charge is 0.393 e. The second-order valence-electron chi connectivity index (χ2n) is 9.21. The normalized spacial score (nSPS) is 17.9. The number of hydrogen-bond donors (Lipinski definition) is 1. The van der Waals surface area contributed by atoms with Crippen LogP contribution in [0.25, 0.3) is 11.1 Å². The van der Waals surface area contributed by atoms with Crippen LogP contribution in [0, 0.1) is 18.7 Å². The zero-order valence-electron chi connectivity index (χ0n) is 20.0. The number of carboxylic acid groups (broad SMARTS) is 1. The summed E-state index contributed by atoms with van der Waals surface area (Å²) in [5, 5.41) is 9.16. The van der Waals surface area contributed by atoms with E-state index in [1.54, 1.807) is 29.2 Å². The predicted molar refractivity (Wildman–Crippen MR) is 130 cm³/mol. The highest BCUT2D eigenvalue weighted by Crippen LogP contribution is 2.40. The van der Waals surface area contributed by atoms with Crippen molar-refractivity contribution in [1.82, 2.24) is 0 Å². The lowest BCUT2D eigenvalue weighted by Crippen LogP contribution is -2.32. The van der Waals surface area contributed by atoms with Crippen LogP contribution in [0.1, 0.15) is 29.5 Å². The molecular formula is C28H27F4NO3. The minimum atomic E-state index is -4.36. The van der Waals surface area contributed by atoms with Gasteiger partial charge in [-0.25, -0.2) is 4.39 Å². The van der Waals surface area contributed by atoms with E-state index in [2.05, 4.69) is 0 Å². The quantitative estimate of drug-likeness (QED) is 0.369. The number of aryl methyl sites for hydroxylation is 1. The Morgan fingerprint density at radius 3 is 2.42 bits per heavy atom. The molecule has 4 rings (SSSR count). The van der Waals surface area contributed by atoms with Gasteiger partial charge in [0.05, 0.1) is 19.4 Å². The summed E-state index contributed by atoms with van der Waals surface area (Å²) in [6.45, 7) is 1.70. The van der Waals surface area contributed by atoms with Crippen molar-refractivity contribution in [3.05, 3.63) is 83.2 Å². The van der Waals surface area contributed by atoms with E-state index in [9.17, 15) is 22.4 Å². The zero-order valence-corrected chi connectivity index (χ0v) is 20.0. The van der Waals surface area contributed by atoms with Crippen LogP contribution < -0.4 is 9.64 Å². The molecule has 8 heteroatoms. The van der Waals surface area contributed by atoms with Gasteiger partial charge in [-0.1, -0.05) is 30.3 Å². The number of anilines is 1. The number of rotatable bonds is 7. The number of aliphatic carboxylic acids is 1. The van der Waals surface area contributed by atoms with Crippen molar-refractivity contribution in [1.29, 1.82) is 0 Å². The predicted octanol–water partition coefficient (Wildman–Crippen LogP) is 6.63. The summed E-state index contributed by atoms with van der Waals surface area (Å²) in [6, 6.07) is 16.8. The van der Waals surface area contributed by atoms with Gasteiger partial charge in [0.15, 0.2) is 0 Å². The lowest BCUT2D eigenvalue weighted by Gasteiger charge is -2.26. The number of carboxylic acids is 1. The van der Waals surface area contributed by atoms with Crippen LogP contribution in [-0.4, -0.2) is 36.9 Å². The van der Waals surface area contributed by atoms with E-state index in [0.29, 0.717) is 23.4 Å². The fourth-order valence-electron chi connectivity index (χ4n) is 4.80. The molecule has 0 saturated carbocycles. The number of hydrogen-bond acceptors (Lipinski definition) is 3. The van der Waals surface area contributed by atoms with Gasteiger partial charge >= 0.3 is 12.1 Å². The monoisotopic (exact) mass is 501 g/mol. The number of methoxy groups -OCH3 is 1. The van der Waals surface area contributed by atoms with E-state index in [0.717, 1.165) is 22.3 Å². The Morgan fingerprint density at radius 2 is 1.81 bits per heavy atom. The number of ether oxygens (including phenoxy) is 1. The molecule has 0 bridgehead atoms. The van der Waals surface area contributed by atoms with E-state index in [-0.39, 0.29) is 25.2 Å². The standard InChI is InChI=1S/C28H27F4NO3/c1-17-11-20(25-15-24(36-2)9-10-26(25)29)6-5-19(17)12-18-3-7-22(8-4-18)33-16-21(28(30,31)32)13-23(33)14-27(34)35/h3-11,15,21,23H,12-14,16H2,1-2H3,(H,34,35)/t21-,23-/m1/s1. The summed E-state index contributed by atoms with van der Waals surface area (Å²) in [4.78, 5) is 12.8. The first-order chi connectivity index (χ1) is 17.0. The third-order valence-electron chi connectivity index (χ3n) is 6.78. The molecule has 1 aliphatic heterocycles. The summed E-state index contributed by atoms with van der Waals surface area (Å²) >= 11 is 0. The molecule has 36 heavy (non-hydrogen) atoms. The van der Waals surface area contributed by atoms with Crippen molar-refractivity contribution in [2.75, 3.05) is 18.6 Å². The number of alkyl halides is 3. The molecule has 4 nitrogen and oxygen atoms in total. The van der Waals surface area contributed by atoms with Gasteiger partial charge in [-0.15, -0.1) is 0 Å². The Bertz CT molecular complexity index is 1240. The van der Waals surface area contributed by atoms with Gasteiger partial charge in [0, 0.05) is 23.8 Å². The highest BCUT2D eigenvalue weighted by atomic mass is 19.4. The molecule has 0 aliphatic carbocycles. The topological polar surface area (TPSA) is 49.8 Å². The second-order valence-corrected chi connectivity index (χ2v) is 9.21. The fraction of sp³-hybridized carbons (Fsp3) is 0.321. The zero-order chi connectivity index (χ0) is 26.0. The van der Waals surface area contributed by atoms with Gasteiger partial charge in [0.1, 0.15) is 11.6 Å². The largest absolute Gasteiger partial charge is 0.497 e. The van der Waals surface area contributed by atoms with E-state index in [1.807, 2.05) is 37.3 Å². The number of nitrogens with zero attached hydrogens (tertiary/aromatic N) is 1. The first kappa shape index (κ1) is 25.5. The summed E-state index contributed by atoms with van der Waals surface area (Å²) in [5.74, 6) is -2.43. The Balaban J connectivity index is 1.51. The average molecular weight is 502 g/mol. The van der Waals surface area contributed by atoms with Gasteiger partial charge in [-0.3, -0.25) is 4.79 Å². The van der Waals surface area contributed by atoms with Crippen LogP contribution in [0.15, 0.2) is 60.7 Å². The fourth-order valence-corrected chi connectivity index (χ4v) is 4.80. The lowest BCUT2D eigenvalue weighted by atomic mass is 9.95. The molecule has 1 saturated heterocycles. The molecule has 1 fully saturated rings. The maximum absolute atomic E-state index is 14.4. The van der Waals surface area contributed by atoms with Crippen LogP contribution in [0.4, 0.5) is 23.2 Å². The van der Waals surface area contributed by atoms with Gasteiger partial charge in [-0.05, 0) is 72.4 Å². The Kier molecular flexibility index (Phi) is 7.24. The lowest BCUT2D eigenvalue weighted by molar-refractivity contribution is -0.169. The van der Waals surface area contributed by atoms with Gasteiger partial charge in [0.2, 0.25) is 0 Å². The number of halogens is 4. The highest BCUT2D eigenvalue weighted by molar-refractivity contribution is 5.69. The summed E-state index contributed by atoms with van der Waals surface area (Å²) in [5.41, 5.74) is 4.75. The van der Waals surface area contributed by atoms with Crippen molar-refractivity contribution >= 4 is 11.7 Å². The van der Waals surface area contributed by atoms with Crippen molar-refractivity contribution < 1.29 is 32.2 Å². The molecular weight excluding hydrogens is 474 g/mol. The molecule has 190 valence electrons. The van der Waals surface area contributed by atoms with Crippen LogP contribution in [0.3, 0.4) is 0 Å². The van der Waals surface area contributed by atoms with Gasteiger partial charge in [-0.2, -0.15) is 13.2 Å². The Hall–Kier alpha value is -3.55. The summed E-state index contributed by atoms with van der Waals surface area (Å²) < 4.78 is 59.5. The third-order valence-corrected chi connectivity index (χ3v) is 6.78. The molecule has 1 aliphatic rings.